The summed E-state index contributed by atoms with van der Waals surface area (Å²) in [6.07, 6.45) is 2.13. The summed E-state index contributed by atoms with van der Waals surface area (Å²) in [4.78, 5) is 25.8. The number of likely N-dealkylation sites (tertiary alicyclic amines) is 1. The molecule has 2 saturated carbocycles. The van der Waals surface area contributed by atoms with Gasteiger partial charge in [-0.15, -0.1) is 0 Å². The first-order valence-corrected chi connectivity index (χ1v) is 11.3. The van der Waals surface area contributed by atoms with E-state index in [4.69, 9.17) is 9.47 Å². The van der Waals surface area contributed by atoms with E-state index in [2.05, 4.69) is 6.92 Å². The maximum absolute atomic E-state index is 12.8. The van der Waals surface area contributed by atoms with Crippen molar-refractivity contribution in [2.45, 2.75) is 77.3 Å². The number of ether oxygens (including phenoxy) is 2. The van der Waals surface area contributed by atoms with Gasteiger partial charge in [0.15, 0.2) is 0 Å². The minimum atomic E-state index is -0.876. The summed E-state index contributed by atoms with van der Waals surface area (Å²) in [5.74, 6) is -1.33. The van der Waals surface area contributed by atoms with Crippen molar-refractivity contribution in [3.05, 3.63) is 0 Å². The first-order valence-electron chi connectivity index (χ1n) is 11.3. The Balaban J connectivity index is 1.63. The van der Waals surface area contributed by atoms with E-state index in [9.17, 15) is 19.8 Å². The summed E-state index contributed by atoms with van der Waals surface area (Å²) in [6.45, 7) is 8.16. The molecule has 0 aromatic carbocycles. The van der Waals surface area contributed by atoms with Crippen LogP contribution < -0.4 is 4.90 Å². The molecule has 164 valence electrons. The average molecular weight is 411 g/mol. The van der Waals surface area contributed by atoms with E-state index in [0.29, 0.717) is 19.4 Å². The fourth-order valence-electron chi connectivity index (χ4n) is 7.03. The summed E-state index contributed by atoms with van der Waals surface area (Å²) < 4.78 is 11.4. The molecule has 4 aliphatic rings. The molecular formula is C22H36NO6+. The molecular weight excluding hydrogens is 374 g/mol. The average Bonchev–Trinajstić information content (AvgIpc) is 3.06. The van der Waals surface area contributed by atoms with Crippen molar-refractivity contribution in [3.8, 4) is 0 Å². The predicted molar refractivity (Wildman–Crippen MR) is 104 cm³/mol. The normalized spacial score (nSPS) is 47.8. The number of nitrogens with one attached hydrogen (secondary N) is 1. The topological polar surface area (TPSA) is 97.5 Å². The minimum Gasteiger partial charge on any atom is -0.462 e. The second kappa shape index (κ2) is 7.82. The van der Waals surface area contributed by atoms with Gasteiger partial charge in [-0.1, -0.05) is 13.8 Å². The maximum atomic E-state index is 12.8. The molecule has 2 saturated heterocycles. The SMILES string of the molecule is CC(=O)O[C@H]1C[C@H](O)[C@]2(C)[C@@H]1[C@H](C)C[C@@H]1OC(=O)[C@H](C[NH+]3CCCCC3)[C@H]1[C@@H]2O. The number of quaternary nitrogens is 1. The Hall–Kier alpha value is -1.18. The Labute approximate surface area is 172 Å². The van der Waals surface area contributed by atoms with Gasteiger partial charge in [0.1, 0.15) is 18.1 Å². The smallest absolute Gasteiger partial charge is 0.315 e. The number of aliphatic hydroxyl groups is 2. The van der Waals surface area contributed by atoms with Gasteiger partial charge in [0.25, 0.3) is 0 Å². The van der Waals surface area contributed by atoms with Gasteiger partial charge in [0.05, 0.1) is 31.8 Å². The van der Waals surface area contributed by atoms with Gasteiger partial charge in [0, 0.05) is 30.6 Å². The Morgan fingerprint density at radius 3 is 2.59 bits per heavy atom. The zero-order valence-corrected chi connectivity index (χ0v) is 17.8. The molecule has 2 aliphatic heterocycles. The number of esters is 2. The number of fused-ring (bicyclic) bond motifs is 2. The molecule has 7 heteroatoms. The summed E-state index contributed by atoms with van der Waals surface area (Å²) >= 11 is 0. The summed E-state index contributed by atoms with van der Waals surface area (Å²) in [5.41, 5.74) is -0.831. The van der Waals surface area contributed by atoms with Gasteiger partial charge >= 0.3 is 11.9 Å². The molecule has 3 N–H and O–H groups in total. The van der Waals surface area contributed by atoms with E-state index in [0.717, 1.165) is 13.1 Å². The van der Waals surface area contributed by atoms with E-state index in [1.807, 2.05) is 6.92 Å². The van der Waals surface area contributed by atoms with Crippen molar-refractivity contribution >= 4 is 11.9 Å². The largest absolute Gasteiger partial charge is 0.462 e. The van der Waals surface area contributed by atoms with E-state index in [1.54, 1.807) is 0 Å². The van der Waals surface area contributed by atoms with Crippen molar-refractivity contribution in [2.75, 3.05) is 19.6 Å². The number of hydrogen-bond donors (Lipinski definition) is 3. The Morgan fingerprint density at radius 2 is 1.93 bits per heavy atom. The quantitative estimate of drug-likeness (QED) is 0.564. The molecule has 2 aliphatic carbocycles. The number of carbonyl (C=O) groups is 2. The van der Waals surface area contributed by atoms with E-state index < -0.39 is 23.7 Å². The molecule has 7 nitrogen and oxygen atoms in total. The zero-order valence-electron chi connectivity index (χ0n) is 17.8. The van der Waals surface area contributed by atoms with Crippen LogP contribution in [-0.4, -0.2) is 66.2 Å². The monoisotopic (exact) mass is 410 g/mol. The molecule has 0 radical (unpaired) electrons. The third-order valence-electron chi connectivity index (χ3n) is 8.36. The highest BCUT2D eigenvalue weighted by Crippen LogP contribution is 2.57. The van der Waals surface area contributed by atoms with Crippen LogP contribution in [0, 0.1) is 29.1 Å². The molecule has 0 bridgehead atoms. The first-order chi connectivity index (χ1) is 13.7. The van der Waals surface area contributed by atoms with Crippen molar-refractivity contribution in [1.29, 1.82) is 0 Å². The highest BCUT2D eigenvalue weighted by molar-refractivity contribution is 5.75. The second-order valence-corrected chi connectivity index (χ2v) is 10.1. The van der Waals surface area contributed by atoms with Crippen molar-refractivity contribution in [1.82, 2.24) is 0 Å². The zero-order chi connectivity index (χ0) is 20.9. The van der Waals surface area contributed by atoms with Crippen molar-refractivity contribution in [2.24, 2.45) is 29.1 Å². The molecule has 4 rings (SSSR count). The molecule has 0 spiro atoms. The lowest BCUT2D eigenvalue weighted by atomic mass is 9.66. The Bertz CT molecular complexity index is 649. The number of hydrogen-bond acceptors (Lipinski definition) is 6. The standard InChI is InChI=1S/C22H35NO6/c1-12-9-15-18(14(21(27)29-15)11-23-7-5-4-6-8-23)20(26)22(3)17(25)10-16(19(12)22)28-13(2)24/h12,14-20,25-26H,4-11H2,1-3H3/p+1/t12-,14-,15+,16+,17+,18-,19-,20+,22-/m1/s1. The molecule has 29 heavy (non-hydrogen) atoms. The van der Waals surface area contributed by atoms with Crippen LogP contribution in [0.5, 0.6) is 0 Å². The van der Waals surface area contributed by atoms with Gasteiger partial charge < -0.3 is 24.6 Å². The molecule has 0 unspecified atom stereocenters. The van der Waals surface area contributed by atoms with Gasteiger partial charge in [-0.2, -0.15) is 0 Å². The van der Waals surface area contributed by atoms with Crippen LogP contribution in [0.3, 0.4) is 0 Å². The molecule has 4 fully saturated rings. The van der Waals surface area contributed by atoms with Crippen LogP contribution in [0.15, 0.2) is 0 Å². The number of piperidine rings is 1. The fourth-order valence-corrected chi connectivity index (χ4v) is 7.03. The van der Waals surface area contributed by atoms with Crippen molar-refractivity contribution < 1.29 is 34.2 Å². The van der Waals surface area contributed by atoms with Crippen LogP contribution in [0.4, 0.5) is 0 Å². The minimum absolute atomic E-state index is 0.0556. The summed E-state index contributed by atoms with van der Waals surface area (Å²) in [7, 11) is 0. The number of rotatable bonds is 3. The molecule has 0 amide bonds. The fraction of sp³-hybridized carbons (Fsp3) is 0.909. The molecule has 2 heterocycles. The first kappa shape index (κ1) is 21.1. The van der Waals surface area contributed by atoms with Gasteiger partial charge in [-0.25, -0.2) is 0 Å². The highest BCUT2D eigenvalue weighted by Gasteiger charge is 2.66. The van der Waals surface area contributed by atoms with Crippen LogP contribution in [-0.2, 0) is 19.1 Å². The second-order valence-electron chi connectivity index (χ2n) is 10.1. The summed E-state index contributed by atoms with van der Waals surface area (Å²) in [5, 5.41) is 22.6. The third-order valence-corrected chi connectivity index (χ3v) is 8.36. The van der Waals surface area contributed by atoms with Crippen LogP contribution in [0.25, 0.3) is 0 Å². The van der Waals surface area contributed by atoms with Gasteiger partial charge in [-0.05, 0) is 31.6 Å². The van der Waals surface area contributed by atoms with Crippen LogP contribution in [0.2, 0.25) is 0 Å². The van der Waals surface area contributed by atoms with Crippen molar-refractivity contribution in [3.63, 3.8) is 0 Å². The van der Waals surface area contributed by atoms with E-state index >= 15 is 0 Å². The molecule has 0 aromatic rings. The van der Waals surface area contributed by atoms with Crippen LogP contribution >= 0.6 is 0 Å². The Kier molecular flexibility index (Phi) is 5.68. The predicted octanol–water partition coefficient (Wildman–Crippen LogP) is -0.0675. The lowest BCUT2D eigenvalue weighted by molar-refractivity contribution is -0.907. The number of aliphatic hydroxyl groups excluding tert-OH is 2. The van der Waals surface area contributed by atoms with Gasteiger partial charge in [-0.3, -0.25) is 9.59 Å². The number of carbonyl (C=O) groups excluding carboxylic acids is 2. The Morgan fingerprint density at radius 1 is 1.24 bits per heavy atom. The van der Waals surface area contributed by atoms with E-state index in [-0.39, 0.29) is 41.7 Å². The lowest BCUT2D eigenvalue weighted by Gasteiger charge is -2.42. The highest BCUT2D eigenvalue weighted by atomic mass is 16.6. The van der Waals surface area contributed by atoms with Crippen LogP contribution in [0.1, 0.15) is 52.9 Å². The summed E-state index contributed by atoms with van der Waals surface area (Å²) in [6, 6.07) is 0. The maximum Gasteiger partial charge on any atom is 0.315 e. The molecule has 0 aromatic heterocycles. The van der Waals surface area contributed by atoms with E-state index in [1.165, 1.54) is 31.1 Å². The van der Waals surface area contributed by atoms with Gasteiger partial charge in [0.2, 0.25) is 0 Å². The third kappa shape index (κ3) is 3.49. The lowest BCUT2D eigenvalue weighted by Crippen LogP contribution is -3.13. The molecule has 9 atom stereocenters.